The molecule has 1 aliphatic heterocycles. The van der Waals surface area contributed by atoms with E-state index in [4.69, 9.17) is 5.11 Å². The van der Waals surface area contributed by atoms with Gasteiger partial charge in [0.2, 0.25) is 0 Å². The smallest absolute Gasteiger partial charge is 0.182 e. The second-order valence-electron chi connectivity index (χ2n) is 6.51. The first kappa shape index (κ1) is 15.9. The molecule has 1 saturated heterocycles. The number of anilines is 1. The molecular weight excluding hydrogens is 320 g/mol. The average Bonchev–Trinajstić information content (AvgIpc) is 3.29. The molecule has 1 aliphatic rings. The highest BCUT2D eigenvalue weighted by atomic mass is 16.2. The molecule has 9 heteroatoms. The number of fused-ring (bicyclic) bond motifs is 1. The predicted octanol–water partition coefficient (Wildman–Crippen LogP) is 0.786. The van der Waals surface area contributed by atoms with Crippen LogP contribution in [0.1, 0.15) is 25.0 Å². The summed E-state index contributed by atoms with van der Waals surface area (Å²) in [5.74, 6) is 1.42. The van der Waals surface area contributed by atoms with Crippen LogP contribution in [0.5, 0.6) is 0 Å². The zero-order chi connectivity index (χ0) is 17.1. The summed E-state index contributed by atoms with van der Waals surface area (Å²) in [5, 5.41) is 17.3. The summed E-state index contributed by atoms with van der Waals surface area (Å²) in [6.07, 6.45) is 9.01. The van der Waals surface area contributed by atoms with Crippen LogP contribution in [0.3, 0.4) is 0 Å². The Morgan fingerprint density at radius 2 is 2.24 bits per heavy atom. The number of aliphatic hydroxyl groups excluding tert-OH is 1. The molecule has 2 N–H and O–H groups in total. The van der Waals surface area contributed by atoms with Gasteiger partial charge >= 0.3 is 0 Å². The van der Waals surface area contributed by atoms with Gasteiger partial charge in [0.25, 0.3) is 0 Å². The Labute approximate surface area is 145 Å². The average molecular weight is 342 g/mol. The molecule has 132 valence electrons. The van der Waals surface area contributed by atoms with E-state index in [1.807, 2.05) is 10.9 Å². The molecule has 0 amide bonds. The number of aryl methyl sites for hydroxylation is 1. The Hall–Kier alpha value is -2.55. The summed E-state index contributed by atoms with van der Waals surface area (Å²) in [5.41, 5.74) is 2.55. The van der Waals surface area contributed by atoms with Gasteiger partial charge in [0.15, 0.2) is 11.5 Å². The quantitative estimate of drug-likeness (QED) is 0.681. The van der Waals surface area contributed by atoms with E-state index in [1.165, 1.54) is 6.42 Å². The van der Waals surface area contributed by atoms with Crippen molar-refractivity contribution in [2.45, 2.75) is 32.2 Å². The minimum Gasteiger partial charge on any atom is -0.396 e. The lowest BCUT2D eigenvalue weighted by Gasteiger charge is -2.33. The largest absolute Gasteiger partial charge is 0.396 e. The molecule has 0 unspecified atom stereocenters. The second kappa shape index (κ2) is 7.14. The molecule has 3 aromatic heterocycles. The molecule has 0 spiro atoms. The van der Waals surface area contributed by atoms with Gasteiger partial charge in [-0.25, -0.2) is 15.0 Å². The third kappa shape index (κ3) is 3.46. The lowest BCUT2D eigenvalue weighted by Crippen LogP contribution is -2.37. The number of aromatic amines is 1. The Bertz CT molecular complexity index is 828. The highest BCUT2D eigenvalue weighted by Gasteiger charge is 2.23. The molecule has 1 fully saturated rings. The highest BCUT2D eigenvalue weighted by molar-refractivity contribution is 5.82. The van der Waals surface area contributed by atoms with Crippen LogP contribution in [0, 0.1) is 5.92 Å². The van der Waals surface area contributed by atoms with Crippen molar-refractivity contribution in [2.75, 3.05) is 24.6 Å². The van der Waals surface area contributed by atoms with Gasteiger partial charge in [0.05, 0.1) is 12.0 Å². The Morgan fingerprint density at radius 1 is 1.28 bits per heavy atom. The van der Waals surface area contributed by atoms with Crippen LogP contribution in [0.4, 0.5) is 5.82 Å². The molecular formula is C16H22N8O. The summed E-state index contributed by atoms with van der Waals surface area (Å²) in [4.78, 5) is 18.3. The molecule has 0 aromatic carbocycles. The first-order valence-electron chi connectivity index (χ1n) is 8.72. The number of aromatic nitrogens is 7. The maximum absolute atomic E-state index is 8.91. The predicted molar refractivity (Wildman–Crippen MR) is 92.0 cm³/mol. The van der Waals surface area contributed by atoms with E-state index in [9.17, 15) is 0 Å². The molecule has 1 atom stereocenters. The second-order valence-corrected chi connectivity index (χ2v) is 6.51. The van der Waals surface area contributed by atoms with Crippen LogP contribution in [-0.4, -0.2) is 59.7 Å². The Kier molecular flexibility index (Phi) is 4.55. The van der Waals surface area contributed by atoms with Crippen LogP contribution >= 0.6 is 0 Å². The third-order valence-electron chi connectivity index (χ3n) is 4.64. The molecule has 9 nitrogen and oxygen atoms in total. The minimum atomic E-state index is 0.186. The minimum absolute atomic E-state index is 0.186. The van der Waals surface area contributed by atoms with E-state index in [1.54, 1.807) is 12.7 Å². The van der Waals surface area contributed by atoms with Crippen LogP contribution in [0.15, 0.2) is 18.9 Å². The maximum atomic E-state index is 8.91. The van der Waals surface area contributed by atoms with Gasteiger partial charge in [-0.05, 0) is 31.6 Å². The standard InChI is InChI=1S/C16H22N8O/c25-6-2-4-13-9-24(22-21-13)8-12-3-1-5-23(7-12)16-14-15(18-10-17-14)19-11-20-16/h9-12,25H,1-8H2,(H,17,18,19,20)/t12-/m1/s1. The molecule has 0 aliphatic carbocycles. The Morgan fingerprint density at radius 3 is 3.16 bits per heavy atom. The lowest BCUT2D eigenvalue weighted by atomic mass is 9.98. The number of aliphatic hydroxyl groups is 1. The topological polar surface area (TPSA) is 109 Å². The highest BCUT2D eigenvalue weighted by Crippen LogP contribution is 2.26. The fourth-order valence-corrected chi connectivity index (χ4v) is 3.47. The van der Waals surface area contributed by atoms with E-state index in [0.29, 0.717) is 11.6 Å². The summed E-state index contributed by atoms with van der Waals surface area (Å²) in [6.45, 7) is 2.95. The summed E-state index contributed by atoms with van der Waals surface area (Å²) in [6, 6.07) is 0. The summed E-state index contributed by atoms with van der Waals surface area (Å²) < 4.78 is 1.92. The van der Waals surface area contributed by atoms with Gasteiger partial charge in [0, 0.05) is 32.4 Å². The molecule has 4 rings (SSSR count). The van der Waals surface area contributed by atoms with Crippen molar-refractivity contribution >= 4 is 17.0 Å². The maximum Gasteiger partial charge on any atom is 0.182 e. The fraction of sp³-hybridized carbons (Fsp3) is 0.562. The van der Waals surface area contributed by atoms with Crippen LogP contribution < -0.4 is 4.90 Å². The number of hydrogen-bond acceptors (Lipinski definition) is 7. The molecule has 25 heavy (non-hydrogen) atoms. The van der Waals surface area contributed by atoms with Crippen molar-refractivity contribution in [3.63, 3.8) is 0 Å². The van der Waals surface area contributed by atoms with Gasteiger partial charge in [-0.2, -0.15) is 0 Å². The van der Waals surface area contributed by atoms with Crippen molar-refractivity contribution in [3.05, 3.63) is 24.5 Å². The number of nitrogens with zero attached hydrogens (tertiary/aromatic N) is 7. The summed E-state index contributed by atoms with van der Waals surface area (Å²) >= 11 is 0. The fourth-order valence-electron chi connectivity index (χ4n) is 3.47. The van der Waals surface area contributed by atoms with E-state index >= 15 is 0 Å². The van der Waals surface area contributed by atoms with E-state index in [0.717, 1.165) is 55.9 Å². The zero-order valence-corrected chi connectivity index (χ0v) is 14.0. The van der Waals surface area contributed by atoms with E-state index in [2.05, 4.69) is 35.1 Å². The number of H-pyrrole nitrogens is 1. The van der Waals surface area contributed by atoms with Crippen LogP contribution in [-0.2, 0) is 13.0 Å². The van der Waals surface area contributed by atoms with Gasteiger partial charge in [0.1, 0.15) is 11.8 Å². The van der Waals surface area contributed by atoms with Crippen molar-refractivity contribution in [3.8, 4) is 0 Å². The number of imidazole rings is 1. The first-order chi connectivity index (χ1) is 12.3. The number of piperidine rings is 1. The number of hydrogen-bond donors (Lipinski definition) is 2. The molecule has 0 bridgehead atoms. The van der Waals surface area contributed by atoms with E-state index < -0.39 is 0 Å². The lowest BCUT2D eigenvalue weighted by molar-refractivity contribution is 0.288. The number of nitrogens with one attached hydrogen (secondary N) is 1. The normalized spacial score (nSPS) is 18.1. The number of rotatable bonds is 6. The van der Waals surface area contributed by atoms with Gasteiger partial charge in [-0.3, -0.25) is 4.68 Å². The van der Waals surface area contributed by atoms with Gasteiger partial charge < -0.3 is 15.0 Å². The third-order valence-corrected chi connectivity index (χ3v) is 4.64. The monoisotopic (exact) mass is 342 g/mol. The first-order valence-corrected chi connectivity index (χ1v) is 8.72. The van der Waals surface area contributed by atoms with Crippen molar-refractivity contribution in [1.82, 2.24) is 34.9 Å². The molecule has 0 saturated carbocycles. The van der Waals surface area contributed by atoms with Crippen molar-refractivity contribution < 1.29 is 5.11 Å². The van der Waals surface area contributed by atoms with Gasteiger partial charge in [-0.15, -0.1) is 5.10 Å². The molecule has 3 aromatic rings. The molecule has 4 heterocycles. The van der Waals surface area contributed by atoms with Gasteiger partial charge in [-0.1, -0.05) is 5.21 Å². The van der Waals surface area contributed by atoms with Crippen molar-refractivity contribution in [2.24, 2.45) is 5.92 Å². The Balaban J connectivity index is 1.44. The van der Waals surface area contributed by atoms with Crippen LogP contribution in [0.2, 0.25) is 0 Å². The van der Waals surface area contributed by atoms with Crippen molar-refractivity contribution in [1.29, 1.82) is 0 Å². The summed E-state index contributed by atoms with van der Waals surface area (Å²) in [7, 11) is 0. The van der Waals surface area contributed by atoms with E-state index in [-0.39, 0.29) is 6.61 Å². The van der Waals surface area contributed by atoms with Crippen LogP contribution in [0.25, 0.3) is 11.2 Å². The zero-order valence-electron chi connectivity index (χ0n) is 14.0. The SMILES string of the molecule is OCCCc1cn(C[C@@H]2CCCN(c3ncnc4nc[nH]c34)C2)nn1. The molecule has 0 radical (unpaired) electrons.